The number of hydrogen-bond acceptors (Lipinski definition) is 2. The van der Waals surface area contributed by atoms with Crippen molar-refractivity contribution in [3.63, 3.8) is 0 Å². The molecule has 1 saturated heterocycles. The molecule has 19 heavy (non-hydrogen) atoms. The Balaban J connectivity index is 1.95. The van der Waals surface area contributed by atoms with Gasteiger partial charge in [-0.05, 0) is 38.8 Å². The molecule has 1 aliphatic heterocycles. The Hall–Kier alpha value is -1.84. The second-order valence-electron chi connectivity index (χ2n) is 5.08. The summed E-state index contributed by atoms with van der Waals surface area (Å²) in [6, 6.07) is 8.76. The van der Waals surface area contributed by atoms with Crippen molar-refractivity contribution in [2.45, 2.75) is 38.8 Å². The highest BCUT2D eigenvalue weighted by Gasteiger charge is 2.29. The first-order chi connectivity index (χ1) is 9.09. The predicted molar refractivity (Wildman–Crippen MR) is 73.8 cm³/mol. The van der Waals surface area contributed by atoms with Gasteiger partial charge in [-0.15, -0.1) is 0 Å². The minimum absolute atomic E-state index is 0.00859. The molecule has 4 nitrogen and oxygen atoms in total. The predicted octanol–water partition coefficient (Wildman–Crippen LogP) is 1.82. The standard InChI is InChI=1S/C15H20N2O2/c1-11-7-6-10-17(11)15(19)12(2)16-14(18)13-8-4-3-5-9-13/h3-5,8-9,11-12H,6-7,10H2,1-2H3,(H,16,18). The molecule has 1 aromatic carbocycles. The third kappa shape index (κ3) is 3.13. The van der Waals surface area contributed by atoms with Crippen molar-refractivity contribution in [3.05, 3.63) is 35.9 Å². The van der Waals surface area contributed by atoms with Gasteiger partial charge in [0.05, 0.1) is 0 Å². The second-order valence-corrected chi connectivity index (χ2v) is 5.08. The molecule has 102 valence electrons. The fourth-order valence-electron chi connectivity index (χ4n) is 2.44. The van der Waals surface area contributed by atoms with Gasteiger partial charge in [0.25, 0.3) is 5.91 Å². The summed E-state index contributed by atoms with van der Waals surface area (Å²) in [6.07, 6.45) is 2.09. The molecule has 1 aliphatic rings. The Morgan fingerprint density at radius 1 is 1.32 bits per heavy atom. The highest BCUT2D eigenvalue weighted by Crippen LogP contribution is 2.17. The van der Waals surface area contributed by atoms with Crippen molar-refractivity contribution in [1.29, 1.82) is 0 Å². The molecule has 2 rings (SSSR count). The molecule has 4 heteroatoms. The Labute approximate surface area is 113 Å². The molecule has 0 aromatic heterocycles. The number of rotatable bonds is 3. The lowest BCUT2D eigenvalue weighted by Gasteiger charge is -2.25. The minimum atomic E-state index is -0.478. The van der Waals surface area contributed by atoms with Crippen LogP contribution in [0.3, 0.4) is 0 Å². The molecular formula is C15H20N2O2. The second kappa shape index (κ2) is 5.87. The van der Waals surface area contributed by atoms with E-state index >= 15 is 0 Å². The van der Waals surface area contributed by atoms with Crippen LogP contribution in [0.2, 0.25) is 0 Å². The monoisotopic (exact) mass is 260 g/mol. The summed E-state index contributed by atoms with van der Waals surface area (Å²) in [5.41, 5.74) is 0.580. The van der Waals surface area contributed by atoms with Gasteiger partial charge in [0.1, 0.15) is 6.04 Å². The van der Waals surface area contributed by atoms with Crippen molar-refractivity contribution in [1.82, 2.24) is 10.2 Å². The van der Waals surface area contributed by atoms with Gasteiger partial charge in [-0.25, -0.2) is 0 Å². The van der Waals surface area contributed by atoms with E-state index in [1.807, 2.05) is 23.1 Å². The lowest BCUT2D eigenvalue weighted by Crippen LogP contribution is -2.47. The smallest absolute Gasteiger partial charge is 0.251 e. The topological polar surface area (TPSA) is 49.4 Å². The molecule has 2 unspecified atom stereocenters. The number of hydrogen-bond donors (Lipinski definition) is 1. The van der Waals surface area contributed by atoms with Crippen LogP contribution in [-0.4, -0.2) is 35.3 Å². The van der Waals surface area contributed by atoms with Gasteiger partial charge in [0.2, 0.25) is 5.91 Å². The van der Waals surface area contributed by atoms with Crippen LogP contribution in [-0.2, 0) is 4.79 Å². The highest BCUT2D eigenvalue weighted by atomic mass is 16.2. The summed E-state index contributed by atoms with van der Waals surface area (Å²) >= 11 is 0. The molecular weight excluding hydrogens is 240 g/mol. The number of carbonyl (C=O) groups excluding carboxylic acids is 2. The normalized spacial score (nSPS) is 20.1. The molecule has 0 bridgehead atoms. The van der Waals surface area contributed by atoms with Gasteiger partial charge >= 0.3 is 0 Å². The van der Waals surface area contributed by atoms with Crippen molar-refractivity contribution in [3.8, 4) is 0 Å². The average molecular weight is 260 g/mol. The molecule has 1 N–H and O–H groups in total. The van der Waals surface area contributed by atoms with Gasteiger partial charge in [-0.2, -0.15) is 0 Å². The van der Waals surface area contributed by atoms with Crippen molar-refractivity contribution >= 4 is 11.8 Å². The van der Waals surface area contributed by atoms with E-state index in [4.69, 9.17) is 0 Å². The Morgan fingerprint density at radius 2 is 2.00 bits per heavy atom. The van der Waals surface area contributed by atoms with Crippen LogP contribution in [0.1, 0.15) is 37.0 Å². The summed E-state index contributed by atoms with van der Waals surface area (Å²) in [4.78, 5) is 26.1. The van der Waals surface area contributed by atoms with Crippen molar-refractivity contribution < 1.29 is 9.59 Å². The lowest BCUT2D eigenvalue weighted by molar-refractivity contribution is -0.133. The lowest BCUT2D eigenvalue weighted by atomic mass is 10.2. The number of carbonyl (C=O) groups is 2. The zero-order chi connectivity index (χ0) is 13.8. The Bertz CT molecular complexity index is 458. The van der Waals surface area contributed by atoms with Crippen molar-refractivity contribution in [2.75, 3.05) is 6.54 Å². The van der Waals surface area contributed by atoms with Gasteiger partial charge < -0.3 is 10.2 Å². The average Bonchev–Trinajstić information content (AvgIpc) is 2.85. The zero-order valence-corrected chi connectivity index (χ0v) is 11.4. The Kier molecular flexibility index (Phi) is 4.20. The van der Waals surface area contributed by atoms with E-state index in [0.29, 0.717) is 5.56 Å². The van der Waals surface area contributed by atoms with Crippen LogP contribution in [0, 0.1) is 0 Å². The summed E-state index contributed by atoms with van der Waals surface area (Å²) in [7, 11) is 0. The molecule has 0 aliphatic carbocycles. The molecule has 1 fully saturated rings. The van der Waals surface area contributed by atoms with E-state index in [0.717, 1.165) is 19.4 Å². The van der Waals surface area contributed by atoms with E-state index < -0.39 is 6.04 Å². The molecule has 0 saturated carbocycles. The molecule has 1 aromatic rings. The zero-order valence-electron chi connectivity index (χ0n) is 11.4. The minimum Gasteiger partial charge on any atom is -0.341 e. The quantitative estimate of drug-likeness (QED) is 0.901. The number of benzene rings is 1. The maximum atomic E-state index is 12.2. The first kappa shape index (κ1) is 13.6. The van der Waals surface area contributed by atoms with Crippen LogP contribution in [0.5, 0.6) is 0 Å². The van der Waals surface area contributed by atoms with E-state index in [1.165, 1.54) is 0 Å². The molecule has 0 radical (unpaired) electrons. The fourth-order valence-corrected chi connectivity index (χ4v) is 2.44. The summed E-state index contributed by atoms with van der Waals surface area (Å²) in [5, 5.41) is 2.76. The SMILES string of the molecule is CC(NC(=O)c1ccccc1)C(=O)N1CCCC1C. The van der Waals surface area contributed by atoms with Crippen LogP contribution in [0.4, 0.5) is 0 Å². The molecule has 0 spiro atoms. The largest absolute Gasteiger partial charge is 0.341 e. The summed E-state index contributed by atoms with van der Waals surface area (Å²) in [6.45, 7) is 4.59. The number of likely N-dealkylation sites (tertiary alicyclic amines) is 1. The van der Waals surface area contributed by atoms with Gasteiger partial charge in [-0.3, -0.25) is 9.59 Å². The van der Waals surface area contributed by atoms with Gasteiger partial charge in [0, 0.05) is 18.2 Å². The summed E-state index contributed by atoms with van der Waals surface area (Å²) < 4.78 is 0. The molecule has 2 amide bonds. The van der Waals surface area contributed by atoms with E-state index in [1.54, 1.807) is 19.1 Å². The molecule has 2 atom stereocenters. The van der Waals surface area contributed by atoms with Crippen LogP contribution < -0.4 is 5.32 Å². The first-order valence-electron chi connectivity index (χ1n) is 6.76. The number of amides is 2. The highest BCUT2D eigenvalue weighted by molar-refractivity contribution is 5.97. The van der Waals surface area contributed by atoms with Gasteiger partial charge in [-0.1, -0.05) is 18.2 Å². The van der Waals surface area contributed by atoms with E-state index in [9.17, 15) is 9.59 Å². The number of nitrogens with one attached hydrogen (secondary N) is 1. The summed E-state index contributed by atoms with van der Waals surface area (Å²) in [5.74, 6) is -0.192. The first-order valence-corrected chi connectivity index (χ1v) is 6.76. The van der Waals surface area contributed by atoms with Gasteiger partial charge in [0.15, 0.2) is 0 Å². The van der Waals surface area contributed by atoms with E-state index in [-0.39, 0.29) is 17.9 Å². The van der Waals surface area contributed by atoms with Crippen LogP contribution in [0.25, 0.3) is 0 Å². The number of nitrogens with zero attached hydrogens (tertiary/aromatic N) is 1. The third-order valence-electron chi connectivity index (χ3n) is 3.59. The fraction of sp³-hybridized carbons (Fsp3) is 0.467. The Morgan fingerprint density at radius 3 is 2.58 bits per heavy atom. The third-order valence-corrected chi connectivity index (χ3v) is 3.59. The van der Waals surface area contributed by atoms with Crippen LogP contribution in [0.15, 0.2) is 30.3 Å². The maximum absolute atomic E-state index is 12.2. The molecule has 1 heterocycles. The van der Waals surface area contributed by atoms with Crippen molar-refractivity contribution in [2.24, 2.45) is 0 Å². The van der Waals surface area contributed by atoms with Crippen LogP contribution >= 0.6 is 0 Å². The maximum Gasteiger partial charge on any atom is 0.251 e. The van der Waals surface area contributed by atoms with E-state index in [2.05, 4.69) is 12.2 Å².